The molecule has 5 rings (SSSR count). The third-order valence-electron chi connectivity index (χ3n) is 5.47. The molecule has 1 atom stereocenters. The lowest BCUT2D eigenvalue weighted by molar-refractivity contribution is 0.173. The smallest absolute Gasteiger partial charge is 0.231 e. The van der Waals surface area contributed by atoms with E-state index in [4.69, 9.17) is 18.9 Å². The van der Waals surface area contributed by atoms with E-state index in [-0.39, 0.29) is 12.5 Å². The summed E-state index contributed by atoms with van der Waals surface area (Å²) in [6, 6.07) is 10.1. The van der Waals surface area contributed by atoms with Crippen molar-refractivity contribution in [3.05, 3.63) is 41.5 Å². The van der Waals surface area contributed by atoms with Gasteiger partial charge in [0.25, 0.3) is 0 Å². The molecule has 6 nitrogen and oxygen atoms in total. The standard InChI is InChI=1S/C21H23NO5/c23-17-11-21-20(26-13-27-21)10-15(17)12-22-6-1-3-16(22)14-4-5-18-19(9-14)25-8-2-7-24-18/h4-5,9-11,16,23H,1-3,6-8,12-13H2/t16-/m1/s1. The molecule has 3 heterocycles. The topological polar surface area (TPSA) is 60.4 Å². The van der Waals surface area contributed by atoms with Crippen LogP contribution in [0.15, 0.2) is 30.3 Å². The van der Waals surface area contributed by atoms with Gasteiger partial charge in [-0.3, -0.25) is 4.90 Å². The lowest BCUT2D eigenvalue weighted by atomic mass is 10.0. The number of hydrogen-bond acceptors (Lipinski definition) is 6. The van der Waals surface area contributed by atoms with Crippen LogP contribution in [-0.4, -0.2) is 36.6 Å². The van der Waals surface area contributed by atoms with E-state index in [0.29, 0.717) is 37.3 Å². The molecule has 1 fully saturated rings. The zero-order chi connectivity index (χ0) is 18.2. The van der Waals surface area contributed by atoms with Crippen LogP contribution in [0.25, 0.3) is 0 Å². The number of nitrogens with zero attached hydrogens (tertiary/aromatic N) is 1. The number of phenols is 1. The summed E-state index contributed by atoms with van der Waals surface area (Å²) in [5.41, 5.74) is 2.09. The molecule has 6 heteroatoms. The van der Waals surface area contributed by atoms with Crippen molar-refractivity contribution in [1.29, 1.82) is 0 Å². The van der Waals surface area contributed by atoms with Gasteiger partial charge in [-0.15, -0.1) is 0 Å². The Kier molecular flexibility index (Phi) is 4.20. The van der Waals surface area contributed by atoms with Crippen molar-refractivity contribution in [3.8, 4) is 28.7 Å². The van der Waals surface area contributed by atoms with Crippen molar-refractivity contribution in [3.63, 3.8) is 0 Å². The van der Waals surface area contributed by atoms with E-state index in [1.165, 1.54) is 5.56 Å². The number of likely N-dealkylation sites (tertiary alicyclic amines) is 1. The molecule has 2 aromatic carbocycles. The van der Waals surface area contributed by atoms with Crippen LogP contribution in [0.2, 0.25) is 0 Å². The van der Waals surface area contributed by atoms with Gasteiger partial charge < -0.3 is 24.1 Å². The normalized spacial score (nSPS) is 21.3. The molecular weight excluding hydrogens is 346 g/mol. The highest BCUT2D eigenvalue weighted by Crippen LogP contribution is 2.41. The average molecular weight is 369 g/mol. The average Bonchev–Trinajstić information content (AvgIpc) is 3.25. The molecule has 142 valence electrons. The molecule has 0 aliphatic carbocycles. The van der Waals surface area contributed by atoms with E-state index in [2.05, 4.69) is 17.0 Å². The van der Waals surface area contributed by atoms with Gasteiger partial charge in [-0.25, -0.2) is 0 Å². The molecule has 0 amide bonds. The van der Waals surface area contributed by atoms with Gasteiger partial charge in [0.2, 0.25) is 6.79 Å². The number of ether oxygens (including phenoxy) is 4. The summed E-state index contributed by atoms with van der Waals surface area (Å²) >= 11 is 0. The zero-order valence-corrected chi connectivity index (χ0v) is 15.1. The van der Waals surface area contributed by atoms with Gasteiger partial charge in [0.1, 0.15) is 5.75 Å². The zero-order valence-electron chi connectivity index (χ0n) is 15.1. The second-order valence-electron chi connectivity index (χ2n) is 7.22. The van der Waals surface area contributed by atoms with Crippen molar-refractivity contribution in [2.75, 3.05) is 26.6 Å². The van der Waals surface area contributed by atoms with Crippen LogP contribution in [0, 0.1) is 0 Å². The van der Waals surface area contributed by atoms with E-state index < -0.39 is 0 Å². The fourth-order valence-electron chi connectivity index (χ4n) is 4.10. The summed E-state index contributed by atoms with van der Waals surface area (Å²) in [6.07, 6.45) is 3.12. The number of rotatable bonds is 3. The van der Waals surface area contributed by atoms with Gasteiger partial charge in [-0.2, -0.15) is 0 Å². The first-order valence-electron chi connectivity index (χ1n) is 9.53. The predicted octanol–water partition coefficient (Wildman–Crippen LogP) is 3.62. The third kappa shape index (κ3) is 3.14. The number of aromatic hydroxyl groups is 1. The summed E-state index contributed by atoms with van der Waals surface area (Å²) < 4.78 is 22.4. The Hall–Kier alpha value is -2.60. The van der Waals surface area contributed by atoms with E-state index >= 15 is 0 Å². The highest BCUT2D eigenvalue weighted by molar-refractivity contribution is 5.51. The molecule has 3 aliphatic heterocycles. The number of fused-ring (bicyclic) bond motifs is 2. The summed E-state index contributed by atoms with van der Waals surface area (Å²) in [6.45, 7) is 3.26. The van der Waals surface area contributed by atoms with Crippen molar-refractivity contribution in [2.45, 2.75) is 31.8 Å². The maximum absolute atomic E-state index is 10.4. The Morgan fingerprint density at radius 3 is 2.56 bits per heavy atom. The molecule has 1 saturated heterocycles. The molecule has 1 N–H and O–H groups in total. The molecule has 0 radical (unpaired) electrons. The molecule has 0 saturated carbocycles. The fourth-order valence-corrected chi connectivity index (χ4v) is 4.10. The van der Waals surface area contributed by atoms with Crippen molar-refractivity contribution < 1.29 is 24.1 Å². The number of benzene rings is 2. The van der Waals surface area contributed by atoms with Gasteiger partial charge >= 0.3 is 0 Å². The molecule has 0 bridgehead atoms. The summed E-state index contributed by atoms with van der Waals surface area (Å²) in [7, 11) is 0. The van der Waals surface area contributed by atoms with E-state index in [0.717, 1.165) is 42.9 Å². The Morgan fingerprint density at radius 1 is 0.889 bits per heavy atom. The summed E-state index contributed by atoms with van der Waals surface area (Å²) in [4.78, 5) is 2.40. The molecule has 0 spiro atoms. The fraction of sp³-hybridized carbons (Fsp3) is 0.429. The minimum atomic E-state index is 0.210. The van der Waals surface area contributed by atoms with Gasteiger partial charge in [0.15, 0.2) is 23.0 Å². The second kappa shape index (κ2) is 6.85. The Bertz CT molecular complexity index is 853. The van der Waals surface area contributed by atoms with Gasteiger partial charge in [0.05, 0.1) is 13.2 Å². The van der Waals surface area contributed by atoms with E-state index in [9.17, 15) is 5.11 Å². The van der Waals surface area contributed by atoms with Crippen molar-refractivity contribution in [2.24, 2.45) is 0 Å². The van der Waals surface area contributed by atoms with Gasteiger partial charge in [-0.1, -0.05) is 6.07 Å². The first-order chi connectivity index (χ1) is 13.3. The van der Waals surface area contributed by atoms with Crippen LogP contribution >= 0.6 is 0 Å². The van der Waals surface area contributed by atoms with Crippen LogP contribution in [-0.2, 0) is 6.54 Å². The highest BCUT2D eigenvalue weighted by Gasteiger charge is 2.28. The maximum atomic E-state index is 10.4. The molecule has 2 aromatic rings. The quantitative estimate of drug-likeness (QED) is 0.892. The predicted molar refractivity (Wildman–Crippen MR) is 98.7 cm³/mol. The molecular formula is C21H23NO5. The van der Waals surface area contributed by atoms with Crippen LogP contribution in [0.3, 0.4) is 0 Å². The van der Waals surface area contributed by atoms with Crippen LogP contribution in [0.1, 0.15) is 36.4 Å². The largest absolute Gasteiger partial charge is 0.507 e. The molecule has 0 unspecified atom stereocenters. The Balaban J connectivity index is 1.39. The van der Waals surface area contributed by atoms with Gasteiger partial charge in [-0.05, 0) is 43.1 Å². The number of hydrogen-bond donors (Lipinski definition) is 1. The Labute approximate surface area is 158 Å². The minimum Gasteiger partial charge on any atom is -0.507 e. The van der Waals surface area contributed by atoms with Crippen LogP contribution in [0.5, 0.6) is 28.7 Å². The first-order valence-corrected chi connectivity index (χ1v) is 9.53. The molecule has 3 aliphatic rings. The van der Waals surface area contributed by atoms with E-state index in [1.54, 1.807) is 6.07 Å². The SMILES string of the molecule is Oc1cc2c(cc1CN1CCC[C@@H]1c1ccc3c(c1)OCCCO3)OCO2. The lowest BCUT2D eigenvalue weighted by Gasteiger charge is -2.26. The molecule has 27 heavy (non-hydrogen) atoms. The first kappa shape index (κ1) is 16.6. The third-order valence-corrected chi connectivity index (χ3v) is 5.47. The highest BCUT2D eigenvalue weighted by atomic mass is 16.7. The van der Waals surface area contributed by atoms with Crippen LogP contribution in [0.4, 0.5) is 0 Å². The summed E-state index contributed by atoms with van der Waals surface area (Å²) in [5.74, 6) is 3.23. The van der Waals surface area contributed by atoms with Crippen LogP contribution < -0.4 is 18.9 Å². The molecule has 0 aromatic heterocycles. The van der Waals surface area contributed by atoms with Crippen molar-refractivity contribution >= 4 is 0 Å². The maximum Gasteiger partial charge on any atom is 0.231 e. The van der Waals surface area contributed by atoms with Crippen molar-refractivity contribution in [1.82, 2.24) is 4.90 Å². The Morgan fingerprint density at radius 2 is 1.67 bits per heavy atom. The lowest BCUT2D eigenvalue weighted by Crippen LogP contribution is -2.22. The van der Waals surface area contributed by atoms with E-state index in [1.807, 2.05) is 12.1 Å². The second-order valence-corrected chi connectivity index (χ2v) is 7.22. The summed E-state index contributed by atoms with van der Waals surface area (Å²) in [5, 5.41) is 10.4. The minimum absolute atomic E-state index is 0.210. The monoisotopic (exact) mass is 369 g/mol. The number of phenolic OH excluding ortho intramolecular Hbond substituents is 1. The van der Waals surface area contributed by atoms with Gasteiger partial charge in [0, 0.05) is 30.6 Å².